The Labute approximate surface area is 155 Å². The normalized spacial score (nSPS) is 16.2. The summed E-state index contributed by atoms with van der Waals surface area (Å²) in [6, 6.07) is 15.8. The van der Waals surface area contributed by atoms with Crippen molar-refractivity contribution in [3.8, 4) is 5.75 Å². The van der Waals surface area contributed by atoms with Gasteiger partial charge in [-0.05, 0) is 48.9 Å². The van der Waals surface area contributed by atoms with Crippen molar-refractivity contribution >= 4 is 39.9 Å². The third-order valence-electron chi connectivity index (χ3n) is 4.07. The number of fused-ring (bicyclic) bond motifs is 1. The average Bonchev–Trinajstić information content (AvgIpc) is 2.97. The van der Waals surface area contributed by atoms with E-state index in [9.17, 15) is 0 Å². The number of nitrogens with one attached hydrogen (secondary N) is 1. The fraction of sp³-hybridized carbons (Fsp3) is 0.105. The molecule has 2 aliphatic rings. The summed E-state index contributed by atoms with van der Waals surface area (Å²) in [7, 11) is 1.67. The molecule has 4 nitrogen and oxygen atoms in total. The van der Waals surface area contributed by atoms with Crippen molar-refractivity contribution in [2.45, 2.75) is 6.92 Å². The van der Waals surface area contributed by atoms with Crippen LogP contribution in [0.25, 0.3) is 11.4 Å². The number of nitrogens with zero attached hydrogens (tertiary/aromatic N) is 2. The molecule has 126 valence electrons. The number of rotatable bonds is 3. The maximum atomic E-state index is 5.99. The van der Waals surface area contributed by atoms with E-state index in [1.807, 2.05) is 36.4 Å². The third kappa shape index (κ3) is 3.01. The van der Waals surface area contributed by atoms with Gasteiger partial charge in [-0.25, -0.2) is 0 Å². The van der Waals surface area contributed by atoms with Crippen LogP contribution in [0.3, 0.4) is 0 Å². The average molecular weight is 370 g/mol. The summed E-state index contributed by atoms with van der Waals surface area (Å²) in [5, 5.41) is 6.16. The molecule has 2 aromatic rings. The van der Waals surface area contributed by atoms with Gasteiger partial charge in [0.2, 0.25) is 0 Å². The van der Waals surface area contributed by atoms with Gasteiger partial charge < -0.3 is 4.74 Å². The van der Waals surface area contributed by atoms with Crippen molar-refractivity contribution < 1.29 is 4.74 Å². The third-order valence-corrected chi connectivity index (χ3v) is 5.30. The molecule has 0 spiro atoms. The van der Waals surface area contributed by atoms with E-state index < -0.39 is 0 Å². The van der Waals surface area contributed by atoms with Crippen molar-refractivity contribution in [1.29, 1.82) is 0 Å². The summed E-state index contributed by atoms with van der Waals surface area (Å²) in [5.74, 6) is 0.847. The maximum Gasteiger partial charge on any atom is 0.196 e. The highest BCUT2D eigenvalue weighted by molar-refractivity contribution is 8.17. The molecule has 0 fully saturated rings. The predicted molar refractivity (Wildman–Crippen MR) is 105 cm³/mol. The quantitative estimate of drug-likeness (QED) is 0.829. The first kappa shape index (κ1) is 16.1. The summed E-state index contributed by atoms with van der Waals surface area (Å²) in [4.78, 5) is 3.33. The molecule has 0 aliphatic carbocycles. The van der Waals surface area contributed by atoms with Crippen LogP contribution in [0.1, 0.15) is 18.1 Å². The Kier molecular flexibility index (Phi) is 4.19. The highest BCUT2D eigenvalue weighted by atomic mass is 35.5. The number of allylic oxidation sites excluding steroid dienone is 1. The maximum absolute atomic E-state index is 5.99. The molecular formula is C19H16ClN3OS. The second-order valence-electron chi connectivity index (χ2n) is 5.66. The van der Waals surface area contributed by atoms with Crippen molar-refractivity contribution in [2.75, 3.05) is 7.11 Å². The molecular weight excluding hydrogens is 354 g/mol. The minimum atomic E-state index is 0.718. The summed E-state index contributed by atoms with van der Waals surface area (Å²) in [6.45, 7) is 2.11. The zero-order valence-corrected chi connectivity index (χ0v) is 15.4. The minimum absolute atomic E-state index is 0.718. The number of hydrogen-bond donors (Lipinski definition) is 1. The van der Waals surface area contributed by atoms with Gasteiger partial charge in [-0.1, -0.05) is 35.5 Å². The van der Waals surface area contributed by atoms with Crippen LogP contribution in [0.15, 0.2) is 64.7 Å². The second-order valence-corrected chi connectivity index (χ2v) is 7.28. The monoisotopic (exact) mass is 369 g/mol. The van der Waals surface area contributed by atoms with Gasteiger partial charge in [-0.3, -0.25) is 10.3 Å². The van der Waals surface area contributed by atoms with Crippen molar-refractivity contribution in [2.24, 2.45) is 5.10 Å². The largest absolute Gasteiger partial charge is 0.497 e. The molecule has 0 unspecified atom stereocenters. The molecule has 0 radical (unpaired) electrons. The highest BCUT2D eigenvalue weighted by Gasteiger charge is 2.30. The molecule has 4 rings (SSSR count). The molecule has 1 N–H and O–H groups in total. The highest BCUT2D eigenvalue weighted by Crippen LogP contribution is 2.42. The fourth-order valence-electron chi connectivity index (χ4n) is 2.82. The predicted octanol–water partition coefficient (Wildman–Crippen LogP) is 4.96. The molecule has 2 aromatic carbocycles. The summed E-state index contributed by atoms with van der Waals surface area (Å²) >= 11 is 7.65. The van der Waals surface area contributed by atoms with Crippen molar-refractivity contribution in [3.63, 3.8) is 0 Å². The van der Waals surface area contributed by atoms with Crippen LogP contribution in [0, 0.1) is 0 Å². The standard InChI is InChI=1S/C19H16ClN3OS/c1-12-18(14-5-9-16(24-2)10-6-14)23-11-17(21-22-19(23)25-12)13-3-7-15(20)8-4-13/h3-11,21H,1-2H3. The number of halogens is 1. The van der Waals surface area contributed by atoms with Crippen molar-refractivity contribution in [1.82, 2.24) is 10.3 Å². The van der Waals surface area contributed by atoms with E-state index in [4.69, 9.17) is 16.3 Å². The summed E-state index contributed by atoms with van der Waals surface area (Å²) < 4.78 is 5.26. The van der Waals surface area contributed by atoms with E-state index in [-0.39, 0.29) is 0 Å². The summed E-state index contributed by atoms with van der Waals surface area (Å²) in [5.41, 5.74) is 7.37. The van der Waals surface area contributed by atoms with Gasteiger partial charge in [0.25, 0.3) is 0 Å². The van der Waals surface area contributed by atoms with Gasteiger partial charge in [0.05, 0.1) is 18.5 Å². The van der Waals surface area contributed by atoms with Crippen LogP contribution in [0.4, 0.5) is 0 Å². The van der Waals surface area contributed by atoms with Crippen LogP contribution in [0.2, 0.25) is 5.02 Å². The van der Waals surface area contributed by atoms with Gasteiger partial charge in [-0.2, -0.15) is 0 Å². The number of hydrazone groups is 1. The number of benzene rings is 2. The van der Waals surface area contributed by atoms with Gasteiger partial charge in [0, 0.05) is 21.7 Å². The molecule has 0 bridgehead atoms. The Hall–Kier alpha value is -2.37. The van der Waals surface area contributed by atoms with Crippen molar-refractivity contribution in [3.05, 3.63) is 75.8 Å². The van der Waals surface area contributed by atoms with Gasteiger partial charge >= 0.3 is 0 Å². The Morgan fingerprint density at radius 3 is 2.40 bits per heavy atom. The Balaban J connectivity index is 1.70. The first-order chi connectivity index (χ1) is 12.2. The molecule has 0 atom stereocenters. The molecule has 2 heterocycles. The van der Waals surface area contributed by atoms with Gasteiger partial charge in [0.1, 0.15) is 5.75 Å². The van der Waals surface area contributed by atoms with E-state index >= 15 is 0 Å². The lowest BCUT2D eigenvalue weighted by atomic mass is 10.1. The number of ether oxygens (including phenoxy) is 1. The van der Waals surface area contributed by atoms with Crippen LogP contribution in [-0.4, -0.2) is 17.2 Å². The van der Waals surface area contributed by atoms with E-state index in [1.165, 1.54) is 4.91 Å². The lowest BCUT2D eigenvalue weighted by Gasteiger charge is -2.24. The molecule has 2 aliphatic heterocycles. The molecule has 0 aromatic heterocycles. The Bertz CT molecular complexity index is 901. The zero-order chi connectivity index (χ0) is 17.4. The topological polar surface area (TPSA) is 36.9 Å². The SMILES string of the molecule is COc1ccc(C2=C(C)SC3=NNC(c4ccc(Cl)cc4)=CN32)cc1. The Morgan fingerprint density at radius 1 is 1.04 bits per heavy atom. The molecule has 0 saturated heterocycles. The van der Waals surface area contributed by atoms with E-state index in [1.54, 1.807) is 18.9 Å². The number of thioether (sulfide) groups is 1. The van der Waals surface area contributed by atoms with E-state index in [2.05, 4.69) is 40.7 Å². The zero-order valence-electron chi connectivity index (χ0n) is 13.8. The molecule has 0 amide bonds. The first-order valence-corrected chi connectivity index (χ1v) is 8.99. The molecule has 6 heteroatoms. The number of amidine groups is 1. The number of hydrogen-bond acceptors (Lipinski definition) is 5. The first-order valence-electron chi connectivity index (χ1n) is 7.79. The van der Waals surface area contributed by atoms with Gasteiger partial charge in [0.15, 0.2) is 5.17 Å². The molecule has 25 heavy (non-hydrogen) atoms. The second kappa shape index (κ2) is 6.50. The van der Waals surface area contributed by atoms with Crippen LogP contribution >= 0.6 is 23.4 Å². The van der Waals surface area contributed by atoms with E-state index in [0.29, 0.717) is 0 Å². The molecule has 0 saturated carbocycles. The number of methoxy groups -OCH3 is 1. The van der Waals surface area contributed by atoms with Gasteiger partial charge in [-0.15, -0.1) is 5.10 Å². The Morgan fingerprint density at radius 2 is 1.72 bits per heavy atom. The summed E-state index contributed by atoms with van der Waals surface area (Å²) in [6.07, 6.45) is 2.08. The van der Waals surface area contributed by atoms with Crippen LogP contribution < -0.4 is 10.2 Å². The fourth-order valence-corrected chi connectivity index (χ4v) is 3.87. The van der Waals surface area contributed by atoms with Crippen LogP contribution in [-0.2, 0) is 0 Å². The van der Waals surface area contributed by atoms with E-state index in [0.717, 1.165) is 38.5 Å². The minimum Gasteiger partial charge on any atom is -0.497 e. The lowest BCUT2D eigenvalue weighted by Crippen LogP contribution is -2.26. The van der Waals surface area contributed by atoms with Crippen LogP contribution in [0.5, 0.6) is 5.75 Å². The smallest absolute Gasteiger partial charge is 0.196 e. The lowest BCUT2D eigenvalue weighted by molar-refractivity contribution is 0.414.